The molecule has 0 atom stereocenters. The first kappa shape index (κ1) is 18.5. The van der Waals surface area contributed by atoms with Gasteiger partial charge in [-0.05, 0) is 56.0 Å². The molecular weight excluding hydrogens is 380 g/mol. The first-order chi connectivity index (χ1) is 13.2. The number of thiophene rings is 1. The molecule has 2 heterocycles. The number of thioether (sulfide) groups is 1. The van der Waals surface area contributed by atoms with E-state index in [4.69, 9.17) is 14.5 Å². The van der Waals surface area contributed by atoms with Crippen LogP contribution in [0.3, 0.4) is 0 Å². The van der Waals surface area contributed by atoms with E-state index >= 15 is 0 Å². The van der Waals surface area contributed by atoms with Crippen LogP contribution in [0.25, 0.3) is 15.9 Å². The Labute approximate surface area is 166 Å². The molecule has 0 spiro atoms. The SMILES string of the molecule is CCOc1ccc(-n2c(SCCOC)nc3sc4c(c3c2=O)CCC4)cc1. The number of rotatable bonds is 7. The Morgan fingerprint density at radius 3 is 2.81 bits per heavy atom. The molecule has 0 unspecified atom stereocenters. The Kier molecular flexibility index (Phi) is 5.52. The average Bonchev–Trinajstić information content (AvgIpc) is 3.24. The van der Waals surface area contributed by atoms with Gasteiger partial charge < -0.3 is 9.47 Å². The largest absolute Gasteiger partial charge is 0.494 e. The summed E-state index contributed by atoms with van der Waals surface area (Å²) in [4.78, 5) is 20.5. The quantitative estimate of drug-likeness (QED) is 0.339. The third-order valence-electron chi connectivity index (χ3n) is 4.63. The summed E-state index contributed by atoms with van der Waals surface area (Å²) in [7, 11) is 1.68. The lowest BCUT2D eigenvalue weighted by Gasteiger charge is -2.13. The number of methoxy groups -OCH3 is 1. The predicted molar refractivity (Wildman–Crippen MR) is 111 cm³/mol. The third-order valence-corrected chi connectivity index (χ3v) is 6.72. The number of hydrogen-bond acceptors (Lipinski definition) is 6. The molecule has 1 aliphatic rings. The van der Waals surface area contributed by atoms with Crippen LogP contribution < -0.4 is 10.3 Å². The van der Waals surface area contributed by atoms with Gasteiger partial charge in [-0.2, -0.15) is 0 Å². The molecule has 2 aromatic heterocycles. The molecule has 0 amide bonds. The van der Waals surface area contributed by atoms with Gasteiger partial charge in [0.2, 0.25) is 0 Å². The molecule has 27 heavy (non-hydrogen) atoms. The summed E-state index contributed by atoms with van der Waals surface area (Å²) < 4.78 is 12.4. The first-order valence-electron chi connectivity index (χ1n) is 9.15. The van der Waals surface area contributed by atoms with Crippen molar-refractivity contribution in [2.45, 2.75) is 31.3 Å². The molecule has 4 rings (SSSR count). The maximum Gasteiger partial charge on any atom is 0.267 e. The lowest BCUT2D eigenvalue weighted by molar-refractivity contribution is 0.218. The summed E-state index contributed by atoms with van der Waals surface area (Å²) in [5, 5.41) is 1.52. The van der Waals surface area contributed by atoms with Gasteiger partial charge >= 0.3 is 0 Å². The minimum atomic E-state index is 0.0310. The van der Waals surface area contributed by atoms with Gasteiger partial charge in [0, 0.05) is 17.7 Å². The molecular formula is C20H22N2O3S2. The minimum Gasteiger partial charge on any atom is -0.494 e. The van der Waals surface area contributed by atoms with E-state index in [2.05, 4.69) is 0 Å². The van der Waals surface area contributed by atoms with E-state index < -0.39 is 0 Å². The third kappa shape index (κ3) is 3.51. The summed E-state index contributed by atoms with van der Waals surface area (Å²) in [5.74, 6) is 1.55. The maximum absolute atomic E-state index is 13.5. The Hall–Kier alpha value is -1.83. The van der Waals surface area contributed by atoms with Crippen molar-refractivity contribution in [2.24, 2.45) is 0 Å². The van der Waals surface area contributed by atoms with Crippen molar-refractivity contribution in [1.29, 1.82) is 0 Å². The van der Waals surface area contributed by atoms with Gasteiger partial charge in [-0.3, -0.25) is 9.36 Å². The van der Waals surface area contributed by atoms with Crippen LogP contribution in [0.4, 0.5) is 0 Å². The number of hydrogen-bond donors (Lipinski definition) is 0. The van der Waals surface area contributed by atoms with E-state index in [0.29, 0.717) is 18.4 Å². The second kappa shape index (κ2) is 8.04. The van der Waals surface area contributed by atoms with E-state index in [1.54, 1.807) is 34.8 Å². The second-order valence-electron chi connectivity index (χ2n) is 6.34. The van der Waals surface area contributed by atoms with E-state index in [1.807, 2.05) is 31.2 Å². The van der Waals surface area contributed by atoms with Crippen molar-refractivity contribution in [2.75, 3.05) is 26.1 Å². The van der Waals surface area contributed by atoms with Gasteiger partial charge in [0.1, 0.15) is 10.6 Å². The molecule has 0 saturated carbocycles. The van der Waals surface area contributed by atoms with Crippen molar-refractivity contribution >= 4 is 33.3 Å². The molecule has 0 bridgehead atoms. The van der Waals surface area contributed by atoms with Crippen LogP contribution in [0.15, 0.2) is 34.2 Å². The lowest BCUT2D eigenvalue weighted by Crippen LogP contribution is -2.22. The fraction of sp³-hybridized carbons (Fsp3) is 0.400. The average molecular weight is 403 g/mol. The van der Waals surface area contributed by atoms with E-state index in [-0.39, 0.29) is 5.56 Å². The van der Waals surface area contributed by atoms with Crippen LogP contribution in [-0.2, 0) is 17.6 Å². The highest BCUT2D eigenvalue weighted by Gasteiger charge is 2.23. The van der Waals surface area contributed by atoms with Gasteiger partial charge in [0.05, 0.1) is 24.3 Å². The summed E-state index contributed by atoms with van der Waals surface area (Å²) in [6.45, 7) is 3.19. The van der Waals surface area contributed by atoms with Crippen LogP contribution >= 0.6 is 23.1 Å². The Morgan fingerprint density at radius 1 is 1.26 bits per heavy atom. The standard InChI is InChI=1S/C20H22N2O3S2/c1-3-25-14-9-7-13(8-10-14)22-19(23)17-15-5-4-6-16(15)27-18(17)21-20(22)26-12-11-24-2/h7-10H,3-6,11-12H2,1-2H3. The lowest BCUT2D eigenvalue weighted by atomic mass is 10.2. The normalized spacial score (nSPS) is 13.3. The van der Waals surface area contributed by atoms with Crippen LogP contribution in [0.5, 0.6) is 5.75 Å². The zero-order valence-corrected chi connectivity index (χ0v) is 17.1. The second-order valence-corrected chi connectivity index (χ2v) is 8.49. The molecule has 0 saturated heterocycles. The number of nitrogens with zero attached hydrogens (tertiary/aromatic N) is 2. The predicted octanol–water partition coefficient (Wildman–Crippen LogP) is 4.07. The van der Waals surface area contributed by atoms with Gasteiger partial charge in [-0.15, -0.1) is 11.3 Å². The van der Waals surface area contributed by atoms with Crippen molar-refractivity contribution in [3.8, 4) is 11.4 Å². The molecule has 1 aliphatic carbocycles. The molecule has 0 fully saturated rings. The molecule has 5 nitrogen and oxygen atoms in total. The van der Waals surface area contributed by atoms with Crippen molar-refractivity contribution < 1.29 is 9.47 Å². The monoisotopic (exact) mass is 402 g/mol. The fourth-order valence-corrected chi connectivity index (χ4v) is 5.64. The van der Waals surface area contributed by atoms with E-state index in [0.717, 1.165) is 46.7 Å². The van der Waals surface area contributed by atoms with Crippen molar-refractivity contribution in [3.63, 3.8) is 0 Å². The zero-order chi connectivity index (χ0) is 18.8. The van der Waals surface area contributed by atoms with Gasteiger partial charge in [-0.25, -0.2) is 4.98 Å². The van der Waals surface area contributed by atoms with Crippen LogP contribution in [0.1, 0.15) is 23.8 Å². The molecule has 3 aromatic rings. The van der Waals surface area contributed by atoms with Gasteiger partial charge in [-0.1, -0.05) is 11.8 Å². The van der Waals surface area contributed by atoms with Crippen LogP contribution in [0.2, 0.25) is 0 Å². The Morgan fingerprint density at radius 2 is 2.07 bits per heavy atom. The summed E-state index contributed by atoms with van der Waals surface area (Å²) in [5.41, 5.74) is 2.06. The first-order valence-corrected chi connectivity index (χ1v) is 11.0. The van der Waals surface area contributed by atoms with Crippen LogP contribution in [0, 0.1) is 0 Å². The number of ether oxygens (including phenoxy) is 2. The Balaban J connectivity index is 1.85. The summed E-state index contributed by atoms with van der Waals surface area (Å²) in [6, 6.07) is 7.65. The molecule has 0 radical (unpaired) electrons. The van der Waals surface area contributed by atoms with Crippen molar-refractivity contribution in [3.05, 3.63) is 45.1 Å². The molecule has 0 N–H and O–H groups in total. The zero-order valence-electron chi connectivity index (χ0n) is 15.5. The van der Waals surface area contributed by atoms with Crippen molar-refractivity contribution in [1.82, 2.24) is 9.55 Å². The maximum atomic E-state index is 13.5. The number of benzene rings is 1. The highest BCUT2D eigenvalue weighted by molar-refractivity contribution is 7.99. The van der Waals surface area contributed by atoms with Crippen LogP contribution in [-0.4, -0.2) is 35.6 Å². The summed E-state index contributed by atoms with van der Waals surface area (Å²) >= 11 is 3.23. The van der Waals surface area contributed by atoms with Gasteiger partial charge in [0.25, 0.3) is 5.56 Å². The topological polar surface area (TPSA) is 53.4 Å². The molecule has 1 aromatic carbocycles. The van der Waals surface area contributed by atoms with E-state index in [1.165, 1.54) is 10.4 Å². The smallest absolute Gasteiger partial charge is 0.267 e. The Bertz CT molecular complexity index is 1010. The number of aryl methyl sites for hydroxylation is 2. The highest BCUT2D eigenvalue weighted by Crippen LogP contribution is 2.36. The van der Waals surface area contributed by atoms with Gasteiger partial charge in [0.15, 0.2) is 5.16 Å². The number of aromatic nitrogens is 2. The minimum absolute atomic E-state index is 0.0310. The molecule has 7 heteroatoms. The highest BCUT2D eigenvalue weighted by atomic mass is 32.2. The molecule has 0 aliphatic heterocycles. The van der Waals surface area contributed by atoms with E-state index in [9.17, 15) is 4.79 Å². The fourth-order valence-electron chi connectivity index (χ4n) is 3.42. The summed E-state index contributed by atoms with van der Waals surface area (Å²) in [6.07, 6.45) is 3.17. The number of fused-ring (bicyclic) bond motifs is 3. The molecule has 142 valence electrons.